The Kier molecular flexibility index (Phi) is 11.6. The number of fused-ring (bicyclic) bond motifs is 2. The van der Waals surface area contributed by atoms with Crippen molar-refractivity contribution in [2.45, 2.75) is 23.7 Å². The van der Waals surface area contributed by atoms with Crippen molar-refractivity contribution in [3.8, 4) is 22.0 Å². The van der Waals surface area contributed by atoms with Crippen molar-refractivity contribution in [1.82, 2.24) is 30.4 Å². The Morgan fingerprint density at radius 2 is 0.953 bits per heavy atom. The van der Waals surface area contributed by atoms with E-state index in [9.17, 15) is 0 Å². The van der Waals surface area contributed by atoms with Crippen LogP contribution in [-0.4, -0.2) is 86.7 Å². The van der Waals surface area contributed by atoms with Gasteiger partial charge in [0.2, 0.25) is 0 Å². The van der Waals surface area contributed by atoms with Crippen molar-refractivity contribution in [2.24, 2.45) is 0 Å². The topological polar surface area (TPSA) is 96.1 Å². The van der Waals surface area contributed by atoms with Crippen LogP contribution in [0, 0.1) is 0 Å². The third-order valence-electron chi connectivity index (χ3n) is 12.6. The summed E-state index contributed by atoms with van der Waals surface area (Å²) in [4.78, 5) is 18.4. The molecule has 0 saturated carbocycles. The molecule has 2 aliphatic rings. The van der Waals surface area contributed by atoms with Crippen LogP contribution < -0.4 is 19.6 Å². The van der Waals surface area contributed by atoms with Crippen LogP contribution in [-0.2, 0) is 23.7 Å². The molecule has 0 saturated heterocycles. The van der Waals surface area contributed by atoms with Crippen LogP contribution in [0.15, 0.2) is 132 Å². The minimum atomic E-state index is -0.295. The number of benzene rings is 4. The van der Waals surface area contributed by atoms with E-state index in [4.69, 9.17) is 0 Å². The summed E-state index contributed by atoms with van der Waals surface area (Å²) < 4.78 is 0. The van der Waals surface area contributed by atoms with Gasteiger partial charge >= 0.3 is 0 Å². The van der Waals surface area contributed by atoms with Crippen LogP contribution in [0.3, 0.4) is 0 Å². The lowest BCUT2D eigenvalue weighted by atomic mass is 9.68. The Balaban J connectivity index is 0.000000162. The average molecular weight is 883 g/mol. The number of nitrogens with zero attached hydrogens (tertiary/aromatic N) is 8. The highest BCUT2D eigenvalue weighted by atomic mass is 32.1. The van der Waals surface area contributed by atoms with Crippen molar-refractivity contribution in [3.63, 3.8) is 0 Å². The molecule has 4 aromatic heterocycles. The van der Waals surface area contributed by atoms with Gasteiger partial charge in [-0.05, 0) is 70.8 Å². The molecule has 0 bridgehead atoms. The lowest BCUT2D eigenvalue weighted by molar-refractivity contribution is 0.620. The Morgan fingerprint density at radius 1 is 0.531 bits per heavy atom. The lowest BCUT2D eigenvalue weighted by Gasteiger charge is -2.35. The molecular weight excluding hydrogens is 829 g/mol. The molecule has 10 rings (SSSR count). The van der Waals surface area contributed by atoms with E-state index >= 15 is 0 Å². The number of H-pyrrole nitrogens is 2. The molecule has 0 amide bonds. The number of allylic oxidation sites excluding steroid dienone is 2. The average Bonchev–Trinajstić information content (AvgIpc) is 4.17. The highest BCUT2D eigenvalue weighted by Gasteiger charge is 2.39. The highest BCUT2D eigenvalue weighted by Crippen LogP contribution is 2.46. The third-order valence-corrected chi connectivity index (χ3v) is 14.0. The zero-order valence-electron chi connectivity index (χ0n) is 37.7. The van der Waals surface area contributed by atoms with E-state index in [1.807, 2.05) is 22.6 Å². The van der Waals surface area contributed by atoms with Gasteiger partial charge < -0.3 is 19.6 Å². The molecule has 12 heteroatoms. The van der Waals surface area contributed by atoms with Gasteiger partial charge in [-0.2, -0.15) is 10.2 Å². The van der Waals surface area contributed by atoms with Gasteiger partial charge in [0, 0.05) is 137 Å². The van der Waals surface area contributed by atoms with Crippen LogP contribution >= 0.6 is 22.7 Å². The van der Waals surface area contributed by atoms with Gasteiger partial charge in [-0.3, -0.25) is 15.2 Å². The molecular formula is C52H54N10S2. The fourth-order valence-corrected chi connectivity index (χ4v) is 10.1. The Hall–Kier alpha value is -6.76. The maximum Gasteiger partial charge on any atom is 0.119 e. The van der Waals surface area contributed by atoms with Crippen molar-refractivity contribution < 1.29 is 0 Å². The zero-order chi connectivity index (χ0) is 44.6. The molecule has 324 valence electrons. The summed E-state index contributed by atoms with van der Waals surface area (Å²) in [5, 5.41) is 18.0. The lowest BCUT2D eigenvalue weighted by Crippen LogP contribution is -2.31. The molecule has 10 nitrogen and oxygen atoms in total. The molecule has 0 atom stereocenters. The largest absolute Gasteiger partial charge is 0.378 e. The molecule has 4 heterocycles. The first kappa shape index (κ1) is 42.5. The van der Waals surface area contributed by atoms with Gasteiger partial charge in [-0.25, -0.2) is 4.98 Å². The Bertz CT molecular complexity index is 2630. The molecule has 8 aromatic rings. The maximum atomic E-state index is 4.66. The van der Waals surface area contributed by atoms with Gasteiger partial charge in [0.25, 0.3) is 0 Å². The summed E-state index contributed by atoms with van der Waals surface area (Å²) >= 11 is 3.21. The van der Waals surface area contributed by atoms with Crippen LogP contribution in [0.25, 0.3) is 34.1 Å². The summed E-state index contributed by atoms with van der Waals surface area (Å²) in [7, 11) is 16.7. The summed E-state index contributed by atoms with van der Waals surface area (Å²) in [6.07, 6.45) is 12.7. The molecule has 0 spiro atoms. The minimum Gasteiger partial charge on any atom is -0.378 e. The van der Waals surface area contributed by atoms with Gasteiger partial charge in [0.15, 0.2) is 0 Å². The molecule has 0 fully saturated rings. The fraction of sp³-hybridized carbons (Fsp3) is 0.231. The molecule has 2 aliphatic carbocycles. The molecule has 64 heavy (non-hydrogen) atoms. The molecule has 0 aliphatic heterocycles. The second kappa shape index (κ2) is 17.4. The standard InChI is InChI=1S/2C26H27N5S/c1-30(2)20-9-5-7-18(13-20)26(19-8-6-10-21(14-19)31(3)4)12-11-22-23(15-26)28-29-25(22)24-16-32-17-27-24;1-30(2)20-9-5-7-18(13-20)26(19-8-6-10-21(14-19)31(3)4)12-11-22-23(15-26)28-29-25(22)24-16-27-17-32-24/h2*5-14,16-17H,15H2,1-4H3,(H,28,29). The van der Waals surface area contributed by atoms with Gasteiger partial charge in [0.1, 0.15) is 17.1 Å². The van der Waals surface area contributed by atoms with E-state index in [2.05, 4.69) is 228 Å². The number of nitrogens with one attached hydrogen (secondary N) is 2. The molecule has 4 aromatic carbocycles. The highest BCUT2D eigenvalue weighted by molar-refractivity contribution is 7.13. The minimum absolute atomic E-state index is 0.289. The fourth-order valence-electron chi connectivity index (χ4n) is 8.95. The van der Waals surface area contributed by atoms with E-state index in [0.29, 0.717) is 0 Å². The Labute approximate surface area is 384 Å². The third kappa shape index (κ3) is 7.92. The number of thiazole rings is 2. The summed E-state index contributed by atoms with van der Waals surface area (Å²) in [6, 6.07) is 35.4. The molecule has 2 N–H and O–H groups in total. The molecule has 0 radical (unpaired) electrons. The number of hydrogen-bond acceptors (Lipinski definition) is 10. The van der Waals surface area contributed by atoms with Crippen molar-refractivity contribution in [1.29, 1.82) is 0 Å². The van der Waals surface area contributed by atoms with Crippen LogP contribution in [0.5, 0.6) is 0 Å². The first-order chi connectivity index (χ1) is 31.0. The van der Waals surface area contributed by atoms with E-state index in [1.54, 1.807) is 22.7 Å². The quantitative estimate of drug-likeness (QED) is 0.140. The number of rotatable bonds is 10. The van der Waals surface area contributed by atoms with Crippen molar-refractivity contribution in [2.75, 3.05) is 76.0 Å². The maximum absolute atomic E-state index is 4.66. The van der Waals surface area contributed by atoms with Gasteiger partial charge in [0.05, 0.1) is 15.9 Å². The monoisotopic (exact) mass is 882 g/mol. The molecule has 0 unspecified atom stereocenters. The van der Waals surface area contributed by atoms with E-state index in [1.165, 1.54) is 45.0 Å². The first-order valence-electron chi connectivity index (χ1n) is 21.4. The van der Waals surface area contributed by atoms with Crippen LogP contribution in [0.2, 0.25) is 0 Å². The van der Waals surface area contributed by atoms with E-state index < -0.39 is 0 Å². The van der Waals surface area contributed by atoms with Crippen molar-refractivity contribution >= 4 is 57.6 Å². The van der Waals surface area contributed by atoms with Crippen molar-refractivity contribution in [3.05, 3.63) is 177 Å². The van der Waals surface area contributed by atoms with Crippen LogP contribution in [0.1, 0.15) is 44.8 Å². The zero-order valence-corrected chi connectivity index (χ0v) is 39.3. The van der Waals surface area contributed by atoms with Crippen LogP contribution in [0.4, 0.5) is 22.7 Å². The summed E-state index contributed by atoms with van der Waals surface area (Å²) in [5.41, 5.74) is 20.4. The second-order valence-corrected chi connectivity index (χ2v) is 19.0. The SMILES string of the molecule is CN(C)c1cccc(C2(c3cccc(N(C)C)c3)C=Cc3c(-c4cncs4)n[nH]c3C2)c1.CN(C)c1cccc(C2(c3cccc(N(C)C)c3)C=Cc3c(-c4cscn4)n[nH]c3C2)c1. The smallest absolute Gasteiger partial charge is 0.119 e. The number of anilines is 4. The first-order valence-corrected chi connectivity index (χ1v) is 23.2. The summed E-state index contributed by atoms with van der Waals surface area (Å²) in [6.45, 7) is 0. The number of aromatic amines is 2. The van der Waals surface area contributed by atoms with E-state index in [0.717, 1.165) is 57.3 Å². The van der Waals surface area contributed by atoms with Gasteiger partial charge in [-0.1, -0.05) is 72.8 Å². The van der Waals surface area contributed by atoms with E-state index in [-0.39, 0.29) is 10.8 Å². The normalized spacial score (nSPS) is 14.2. The Morgan fingerprint density at radius 3 is 1.33 bits per heavy atom. The number of hydrogen-bond donors (Lipinski definition) is 2. The summed E-state index contributed by atoms with van der Waals surface area (Å²) in [5.74, 6) is 0. The predicted molar refractivity (Wildman–Crippen MR) is 270 cm³/mol. The number of aromatic nitrogens is 6. The second-order valence-electron chi connectivity index (χ2n) is 17.4. The predicted octanol–water partition coefficient (Wildman–Crippen LogP) is 10.4. The van der Waals surface area contributed by atoms with Gasteiger partial charge in [-0.15, -0.1) is 22.7 Å².